The van der Waals surface area contributed by atoms with Crippen LogP contribution in [-0.4, -0.2) is 85.6 Å². The van der Waals surface area contributed by atoms with Gasteiger partial charge in [-0.05, 0) is 19.1 Å². The second-order valence-corrected chi connectivity index (χ2v) is 10.4. The van der Waals surface area contributed by atoms with Gasteiger partial charge >= 0.3 is 23.4 Å². The first-order valence-electron chi connectivity index (χ1n) is 11.4. The summed E-state index contributed by atoms with van der Waals surface area (Å²) in [6, 6.07) is 5.07. The number of aromatic nitrogens is 4. The van der Waals surface area contributed by atoms with Crippen molar-refractivity contribution in [2.24, 2.45) is 0 Å². The number of esters is 2. The van der Waals surface area contributed by atoms with Crippen LogP contribution in [0, 0.1) is 6.92 Å². The standard InChI is InChI=1S/C22H25N5O12S/c1-10-4-6-13(7-5-10)40(34,35)39-21(33)16(31)19(27-18-15(26-20(27)32)17(23)24-9-25-18)38-22(21,37-12(3)29)14(30)8-36-11(2)28/h4-7,9,14,16,19,30-31,33H,8H2,1-3H3,(H,26,32)(H2,23,24,25)/t14?,16-,19+,21+,22+/m0/s1. The van der Waals surface area contributed by atoms with Gasteiger partial charge in [0.1, 0.15) is 18.5 Å². The van der Waals surface area contributed by atoms with E-state index in [9.17, 15) is 38.1 Å². The second kappa shape index (κ2) is 10.2. The van der Waals surface area contributed by atoms with Gasteiger partial charge in [0.15, 0.2) is 29.9 Å². The smallest absolute Gasteiger partial charge is 0.330 e. The van der Waals surface area contributed by atoms with E-state index in [1.54, 1.807) is 6.92 Å². The van der Waals surface area contributed by atoms with Crippen molar-refractivity contribution < 1.29 is 51.7 Å². The molecular formula is C22H25N5O12S. The lowest BCUT2D eigenvalue weighted by atomic mass is 9.97. The monoisotopic (exact) mass is 583 g/mol. The molecule has 5 atom stereocenters. The van der Waals surface area contributed by atoms with Crippen molar-refractivity contribution in [1.82, 2.24) is 19.5 Å². The minimum absolute atomic E-state index is 0.120. The normalized spacial score (nSPS) is 25.6. The predicted molar refractivity (Wildman–Crippen MR) is 130 cm³/mol. The van der Waals surface area contributed by atoms with E-state index in [2.05, 4.69) is 15.0 Å². The van der Waals surface area contributed by atoms with E-state index < -0.39 is 69.3 Å². The summed E-state index contributed by atoms with van der Waals surface area (Å²) in [5.74, 6) is -9.35. The third-order valence-corrected chi connectivity index (χ3v) is 7.30. The molecule has 1 aliphatic heterocycles. The number of anilines is 1. The van der Waals surface area contributed by atoms with Gasteiger partial charge in [-0.3, -0.25) is 9.59 Å². The Morgan fingerprint density at radius 2 is 1.88 bits per heavy atom. The number of aliphatic hydroxyl groups excluding tert-OH is 2. The first-order valence-corrected chi connectivity index (χ1v) is 12.9. The second-order valence-electron chi connectivity index (χ2n) is 8.84. The van der Waals surface area contributed by atoms with Gasteiger partial charge in [0, 0.05) is 13.8 Å². The topological polar surface area (TPSA) is 255 Å². The number of carbonyl (C=O) groups is 2. The number of hydrogen-bond donors (Lipinski definition) is 5. The molecule has 1 unspecified atom stereocenters. The minimum Gasteiger partial charge on any atom is -0.463 e. The molecule has 1 fully saturated rings. The number of rotatable bonds is 8. The van der Waals surface area contributed by atoms with Gasteiger partial charge in [-0.25, -0.2) is 23.5 Å². The third kappa shape index (κ3) is 4.80. The molecule has 3 heterocycles. The Hall–Kier alpha value is -3.94. The minimum atomic E-state index is -5.02. The molecular weight excluding hydrogens is 558 g/mol. The average Bonchev–Trinajstić information content (AvgIpc) is 3.30. The Bertz CT molecular complexity index is 1620. The Balaban J connectivity index is 1.93. The highest BCUT2D eigenvalue weighted by atomic mass is 32.2. The van der Waals surface area contributed by atoms with E-state index >= 15 is 0 Å². The largest absolute Gasteiger partial charge is 0.463 e. The number of carbonyl (C=O) groups excluding carboxylic acids is 2. The van der Waals surface area contributed by atoms with Crippen LogP contribution in [0.5, 0.6) is 0 Å². The number of nitrogen functional groups attached to an aromatic ring is 1. The average molecular weight is 584 g/mol. The quantitative estimate of drug-likeness (QED) is 0.111. The van der Waals surface area contributed by atoms with Gasteiger partial charge in [-0.15, -0.1) is 0 Å². The van der Waals surface area contributed by atoms with E-state index in [0.29, 0.717) is 10.1 Å². The molecule has 2 aromatic heterocycles. The first kappa shape index (κ1) is 29.1. The summed E-state index contributed by atoms with van der Waals surface area (Å²) >= 11 is 0. The molecule has 0 aliphatic carbocycles. The predicted octanol–water partition coefficient (Wildman–Crippen LogP) is -1.82. The highest BCUT2D eigenvalue weighted by Gasteiger charge is 2.75. The van der Waals surface area contributed by atoms with Crippen LogP contribution in [0.15, 0.2) is 40.3 Å². The molecule has 0 saturated carbocycles. The highest BCUT2D eigenvalue weighted by Crippen LogP contribution is 2.50. The van der Waals surface area contributed by atoms with Gasteiger partial charge in [-0.1, -0.05) is 17.7 Å². The van der Waals surface area contributed by atoms with E-state index in [1.807, 2.05) is 0 Å². The SMILES string of the molecule is CC(=O)OCC(O)[C@@]1(OC(C)=O)O[C@@H](n2c(=O)[nH]c3c(N)ncnc32)[C@H](O)[C@@]1(O)OS(=O)(=O)c1ccc(C)cc1. The Labute approximate surface area is 225 Å². The molecule has 0 radical (unpaired) electrons. The maximum absolute atomic E-state index is 13.3. The van der Waals surface area contributed by atoms with Crippen molar-refractivity contribution in [2.45, 2.75) is 55.7 Å². The Morgan fingerprint density at radius 3 is 2.48 bits per heavy atom. The van der Waals surface area contributed by atoms with Crippen LogP contribution >= 0.6 is 0 Å². The highest BCUT2D eigenvalue weighted by molar-refractivity contribution is 7.86. The zero-order valence-electron chi connectivity index (χ0n) is 21.2. The fourth-order valence-electron chi connectivity index (χ4n) is 4.14. The molecule has 1 aliphatic rings. The van der Waals surface area contributed by atoms with Crippen LogP contribution < -0.4 is 11.4 Å². The van der Waals surface area contributed by atoms with Crippen molar-refractivity contribution in [3.63, 3.8) is 0 Å². The van der Waals surface area contributed by atoms with Gasteiger partial charge in [0.25, 0.3) is 15.9 Å². The van der Waals surface area contributed by atoms with Crippen molar-refractivity contribution in [2.75, 3.05) is 12.3 Å². The van der Waals surface area contributed by atoms with Crippen LogP contribution in [0.1, 0.15) is 25.6 Å². The van der Waals surface area contributed by atoms with E-state index in [0.717, 1.165) is 32.3 Å². The van der Waals surface area contributed by atoms with Crippen molar-refractivity contribution in [1.29, 1.82) is 0 Å². The van der Waals surface area contributed by atoms with Gasteiger partial charge in [0.2, 0.25) is 0 Å². The zero-order chi connectivity index (χ0) is 29.6. The number of aliphatic hydroxyl groups is 3. The molecule has 1 aromatic carbocycles. The number of ether oxygens (including phenoxy) is 3. The number of aryl methyl sites for hydroxylation is 1. The lowest BCUT2D eigenvalue weighted by Crippen LogP contribution is -2.67. The maximum Gasteiger partial charge on any atom is 0.330 e. The molecule has 18 heteroatoms. The van der Waals surface area contributed by atoms with E-state index in [-0.39, 0.29) is 17.0 Å². The number of imidazole rings is 1. The number of H-pyrrole nitrogens is 1. The number of nitrogens with zero attached hydrogens (tertiary/aromatic N) is 3. The van der Waals surface area contributed by atoms with Gasteiger partial charge in [0.05, 0.1) is 4.90 Å². The lowest BCUT2D eigenvalue weighted by Gasteiger charge is -2.41. The van der Waals surface area contributed by atoms with Crippen LogP contribution in [0.3, 0.4) is 0 Å². The molecule has 0 bridgehead atoms. The van der Waals surface area contributed by atoms with Crippen LogP contribution in [0.25, 0.3) is 11.2 Å². The fraction of sp³-hybridized carbons (Fsp3) is 0.409. The molecule has 0 spiro atoms. The van der Waals surface area contributed by atoms with Crippen LogP contribution in [0.2, 0.25) is 0 Å². The number of nitrogens with one attached hydrogen (secondary N) is 1. The Kier molecular flexibility index (Phi) is 7.43. The van der Waals surface area contributed by atoms with Crippen LogP contribution in [-0.2, 0) is 38.1 Å². The number of aromatic amines is 1. The molecule has 40 heavy (non-hydrogen) atoms. The van der Waals surface area contributed by atoms with E-state index in [4.69, 9.17) is 24.1 Å². The first-order chi connectivity index (χ1) is 18.6. The Morgan fingerprint density at radius 1 is 1.23 bits per heavy atom. The summed E-state index contributed by atoms with van der Waals surface area (Å²) in [7, 11) is -5.02. The van der Waals surface area contributed by atoms with Crippen molar-refractivity contribution >= 4 is 39.0 Å². The van der Waals surface area contributed by atoms with Crippen LogP contribution in [0.4, 0.5) is 5.82 Å². The number of benzene rings is 1. The molecule has 6 N–H and O–H groups in total. The maximum atomic E-state index is 13.3. The van der Waals surface area contributed by atoms with E-state index in [1.165, 1.54) is 12.1 Å². The number of fused-ring (bicyclic) bond motifs is 1. The third-order valence-electron chi connectivity index (χ3n) is 5.98. The molecule has 1 saturated heterocycles. The fourth-order valence-corrected chi connectivity index (χ4v) is 5.26. The number of hydrogen-bond acceptors (Lipinski definition) is 15. The summed E-state index contributed by atoms with van der Waals surface area (Å²) in [5.41, 5.74) is 5.01. The van der Waals surface area contributed by atoms with Crippen molar-refractivity contribution in [3.05, 3.63) is 46.6 Å². The van der Waals surface area contributed by atoms with Gasteiger partial charge < -0.3 is 40.2 Å². The summed E-state index contributed by atoms with van der Waals surface area (Å²) in [6.45, 7) is 2.41. The molecule has 17 nitrogen and oxygen atoms in total. The lowest BCUT2D eigenvalue weighted by molar-refractivity contribution is -0.367. The van der Waals surface area contributed by atoms with Gasteiger partial charge in [-0.2, -0.15) is 8.42 Å². The molecule has 216 valence electrons. The van der Waals surface area contributed by atoms with Crippen molar-refractivity contribution in [3.8, 4) is 0 Å². The summed E-state index contributed by atoms with van der Waals surface area (Å²) in [4.78, 5) is 46.0. The summed E-state index contributed by atoms with van der Waals surface area (Å²) in [6.07, 6.45) is -6.16. The molecule has 4 rings (SSSR count). The number of nitrogens with two attached hydrogens (primary N) is 1. The summed E-state index contributed by atoms with van der Waals surface area (Å²) < 4.78 is 47.7. The molecule has 0 amide bonds. The summed E-state index contributed by atoms with van der Waals surface area (Å²) in [5, 5.41) is 34.1. The zero-order valence-corrected chi connectivity index (χ0v) is 22.0. The molecule has 3 aromatic rings.